The van der Waals surface area contributed by atoms with Gasteiger partial charge in [-0.15, -0.1) is 0 Å². The van der Waals surface area contributed by atoms with E-state index in [0.717, 1.165) is 21.3 Å². The maximum Gasteiger partial charge on any atom is 0.178 e. The van der Waals surface area contributed by atoms with E-state index >= 15 is 0 Å². The second-order valence-electron chi connectivity index (χ2n) is 3.13. The average Bonchev–Trinajstić information content (AvgIpc) is 2.08. The van der Waals surface area contributed by atoms with E-state index < -0.39 is 0 Å². The lowest BCUT2D eigenvalue weighted by Gasteiger charge is -2.10. The molecular weight excluding hydrogens is 230 g/mol. The molecule has 66 valence electrons. The van der Waals surface area contributed by atoms with Crippen molar-refractivity contribution in [3.8, 4) is 0 Å². The average molecular weight is 238 g/mol. The third-order valence-electron chi connectivity index (χ3n) is 2.07. The van der Waals surface area contributed by atoms with Gasteiger partial charge in [0.05, 0.1) is 11.9 Å². The lowest BCUT2D eigenvalue weighted by molar-refractivity contribution is -0.112. The van der Waals surface area contributed by atoms with Crippen molar-refractivity contribution < 1.29 is 4.79 Å². The maximum atomic E-state index is 11.1. The standard InChI is InChI=1S/C10H8BrNO/c1-6-2-7-3-8(13)5-12-10(7)4-9(6)11/h2,4-5H,3H2,1H3. The van der Waals surface area contributed by atoms with Crippen LogP contribution in [-0.4, -0.2) is 12.0 Å². The van der Waals surface area contributed by atoms with Crippen LogP contribution in [0.5, 0.6) is 0 Å². The second kappa shape index (κ2) is 3.07. The quantitative estimate of drug-likeness (QED) is 0.683. The number of hydrogen-bond acceptors (Lipinski definition) is 2. The van der Waals surface area contributed by atoms with E-state index in [1.165, 1.54) is 6.21 Å². The highest BCUT2D eigenvalue weighted by atomic mass is 79.9. The Morgan fingerprint density at radius 1 is 1.46 bits per heavy atom. The summed E-state index contributed by atoms with van der Waals surface area (Å²) in [5, 5.41) is 0. The van der Waals surface area contributed by atoms with Gasteiger partial charge in [-0.05, 0) is 24.1 Å². The molecule has 0 atom stereocenters. The molecule has 0 bridgehead atoms. The van der Waals surface area contributed by atoms with Gasteiger partial charge in [-0.3, -0.25) is 9.79 Å². The Hall–Kier alpha value is -0.960. The second-order valence-corrected chi connectivity index (χ2v) is 3.99. The van der Waals surface area contributed by atoms with E-state index in [9.17, 15) is 4.79 Å². The summed E-state index contributed by atoms with van der Waals surface area (Å²) in [6, 6.07) is 3.96. The van der Waals surface area contributed by atoms with Crippen molar-refractivity contribution in [3.63, 3.8) is 0 Å². The number of benzene rings is 1. The van der Waals surface area contributed by atoms with Gasteiger partial charge < -0.3 is 0 Å². The normalized spacial score (nSPS) is 14.5. The largest absolute Gasteiger partial charge is 0.293 e. The van der Waals surface area contributed by atoms with Gasteiger partial charge in [0.1, 0.15) is 0 Å². The number of carbonyl (C=O) groups is 1. The van der Waals surface area contributed by atoms with E-state index in [-0.39, 0.29) is 5.78 Å². The lowest BCUT2D eigenvalue weighted by atomic mass is 10.0. The highest BCUT2D eigenvalue weighted by Gasteiger charge is 2.12. The van der Waals surface area contributed by atoms with Crippen LogP contribution in [0.3, 0.4) is 0 Å². The van der Waals surface area contributed by atoms with E-state index in [0.29, 0.717) is 6.42 Å². The van der Waals surface area contributed by atoms with E-state index in [2.05, 4.69) is 20.9 Å². The fourth-order valence-electron chi connectivity index (χ4n) is 1.37. The van der Waals surface area contributed by atoms with Gasteiger partial charge in [0.15, 0.2) is 5.78 Å². The highest BCUT2D eigenvalue weighted by Crippen LogP contribution is 2.29. The molecule has 2 rings (SSSR count). The number of carbonyl (C=O) groups excluding carboxylic acids is 1. The predicted octanol–water partition coefficient (Wildman–Crippen LogP) is 2.59. The Morgan fingerprint density at radius 2 is 2.23 bits per heavy atom. The number of hydrogen-bond donors (Lipinski definition) is 0. The number of aliphatic imine (C=N–C) groups is 1. The molecular formula is C10H8BrNO. The van der Waals surface area contributed by atoms with Gasteiger partial charge >= 0.3 is 0 Å². The smallest absolute Gasteiger partial charge is 0.178 e. The van der Waals surface area contributed by atoms with Gasteiger partial charge in [0, 0.05) is 10.9 Å². The van der Waals surface area contributed by atoms with Crippen LogP contribution in [0.1, 0.15) is 11.1 Å². The third-order valence-corrected chi connectivity index (χ3v) is 2.93. The summed E-state index contributed by atoms with van der Waals surface area (Å²) in [7, 11) is 0. The van der Waals surface area contributed by atoms with Crippen LogP contribution in [0.25, 0.3) is 0 Å². The fourth-order valence-corrected chi connectivity index (χ4v) is 1.70. The monoisotopic (exact) mass is 237 g/mol. The number of ketones is 1. The molecule has 0 saturated carbocycles. The van der Waals surface area contributed by atoms with Crippen LogP contribution in [0.4, 0.5) is 5.69 Å². The molecule has 1 aliphatic heterocycles. The Morgan fingerprint density at radius 3 is 3.00 bits per heavy atom. The van der Waals surface area contributed by atoms with Gasteiger partial charge in [-0.2, -0.15) is 0 Å². The molecule has 0 amide bonds. The molecule has 0 saturated heterocycles. The molecule has 0 radical (unpaired) electrons. The van der Waals surface area contributed by atoms with E-state index in [1.807, 2.05) is 19.1 Å². The SMILES string of the molecule is Cc1cc2c(cc1Br)N=CC(=O)C2. The lowest BCUT2D eigenvalue weighted by Crippen LogP contribution is -2.08. The molecule has 0 aliphatic carbocycles. The fraction of sp³-hybridized carbons (Fsp3) is 0.200. The van der Waals surface area contributed by atoms with Crippen LogP contribution in [-0.2, 0) is 11.2 Å². The summed E-state index contributed by atoms with van der Waals surface area (Å²) in [5.74, 6) is 0.0780. The number of fused-ring (bicyclic) bond motifs is 1. The number of nitrogens with zero attached hydrogens (tertiary/aromatic N) is 1. The molecule has 0 aromatic heterocycles. The minimum Gasteiger partial charge on any atom is -0.293 e. The van der Waals surface area contributed by atoms with E-state index in [1.54, 1.807) is 0 Å². The minimum absolute atomic E-state index is 0.0780. The maximum absolute atomic E-state index is 11.1. The molecule has 13 heavy (non-hydrogen) atoms. The third kappa shape index (κ3) is 1.56. The molecule has 0 N–H and O–H groups in total. The summed E-state index contributed by atoms with van der Waals surface area (Å²) in [6.07, 6.45) is 1.87. The van der Waals surface area contributed by atoms with Gasteiger partial charge in [-0.1, -0.05) is 22.0 Å². The van der Waals surface area contributed by atoms with Gasteiger partial charge in [0.25, 0.3) is 0 Å². The van der Waals surface area contributed by atoms with Crippen molar-refractivity contribution >= 4 is 33.6 Å². The molecule has 1 aromatic carbocycles. The first-order chi connectivity index (χ1) is 6.16. The van der Waals surface area contributed by atoms with Crippen LogP contribution in [0, 0.1) is 6.92 Å². The van der Waals surface area contributed by atoms with Crippen molar-refractivity contribution in [1.82, 2.24) is 0 Å². The Kier molecular flexibility index (Phi) is 2.04. The number of aryl methyl sites for hydroxylation is 1. The number of halogens is 1. The summed E-state index contributed by atoms with van der Waals surface area (Å²) >= 11 is 3.43. The number of Topliss-reactive ketones (excluding diaryl/α,β-unsaturated/α-hetero) is 1. The molecule has 0 fully saturated rings. The molecule has 1 heterocycles. The Labute approximate surface area is 84.8 Å². The Balaban J connectivity index is 2.58. The van der Waals surface area contributed by atoms with Crippen molar-refractivity contribution in [1.29, 1.82) is 0 Å². The highest BCUT2D eigenvalue weighted by molar-refractivity contribution is 9.10. The zero-order chi connectivity index (χ0) is 9.42. The van der Waals surface area contributed by atoms with Crippen molar-refractivity contribution in [2.75, 3.05) is 0 Å². The first-order valence-corrected chi connectivity index (χ1v) is 4.82. The van der Waals surface area contributed by atoms with Crippen LogP contribution >= 0.6 is 15.9 Å². The minimum atomic E-state index is 0.0780. The first kappa shape index (κ1) is 8.63. The van der Waals surface area contributed by atoms with E-state index in [4.69, 9.17) is 0 Å². The molecule has 0 spiro atoms. The van der Waals surface area contributed by atoms with Crippen molar-refractivity contribution in [3.05, 3.63) is 27.7 Å². The summed E-state index contributed by atoms with van der Waals surface area (Å²) in [4.78, 5) is 15.1. The molecule has 2 nitrogen and oxygen atoms in total. The topological polar surface area (TPSA) is 29.4 Å². The predicted molar refractivity (Wildman–Crippen MR) is 55.7 cm³/mol. The van der Waals surface area contributed by atoms with Crippen LogP contribution in [0.15, 0.2) is 21.6 Å². The van der Waals surface area contributed by atoms with Crippen LogP contribution < -0.4 is 0 Å². The molecule has 3 heteroatoms. The van der Waals surface area contributed by atoms with Gasteiger partial charge in [-0.25, -0.2) is 0 Å². The van der Waals surface area contributed by atoms with Gasteiger partial charge in [0.2, 0.25) is 0 Å². The summed E-state index contributed by atoms with van der Waals surface area (Å²) in [5.41, 5.74) is 3.06. The zero-order valence-corrected chi connectivity index (χ0v) is 8.76. The molecule has 0 unspecified atom stereocenters. The van der Waals surface area contributed by atoms with Crippen LogP contribution in [0.2, 0.25) is 0 Å². The van der Waals surface area contributed by atoms with Crippen molar-refractivity contribution in [2.24, 2.45) is 4.99 Å². The summed E-state index contributed by atoms with van der Waals surface area (Å²) < 4.78 is 1.04. The first-order valence-electron chi connectivity index (χ1n) is 4.03. The number of rotatable bonds is 0. The van der Waals surface area contributed by atoms with Crippen molar-refractivity contribution in [2.45, 2.75) is 13.3 Å². The Bertz CT molecular complexity index is 410. The molecule has 1 aliphatic rings. The summed E-state index contributed by atoms with van der Waals surface area (Å²) in [6.45, 7) is 2.01. The molecule has 1 aromatic rings. The zero-order valence-electron chi connectivity index (χ0n) is 7.17.